The lowest BCUT2D eigenvalue weighted by Gasteiger charge is -2.01. The second-order valence-electron chi connectivity index (χ2n) is 4.42. The number of carbonyl (C=O) groups excluding carboxylic acids is 1. The molecule has 0 bridgehead atoms. The molecule has 0 aliphatic heterocycles. The zero-order chi connectivity index (χ0) is 14.5. The van der Waals surface area contributed by atoms with E-state index in [4.69, 9.17) is 11.6 Å². The molecule has 0 spiro atoms. The van der Waals surface area contributed by atoms with Gasteiger partial charge in [-0.2, -0.15) is 0 Å². The molecule has 0 fully saturated rings. The smallest absolute Gasteiger partial charge is 0.159 e. The van der Waals surface area contributed by atoms with E-state index in [2.05, 4.69) is 0 Å². The summed E-state index contributed by atoms with van der Waals surface area (Å²) in [6, 6.07) is 7.88. The van der Waals surface area contributed by atoms with E-state index in [1.807, 2.05) is 50.3 Å². The molecule has 0 atom stereocenters. The summed E-state index contributed by atoms with van der Waals surface area (Å²) in [4.78, 5) is 11.0. The Labute approximate surface area is 122 Å². The van der Waals surface area contributed by atoms with Gasteiger partial charge in [0, 0.05) is 11.4 Å². The Morgan fingerprint density at radius 2 is 1.63 bits per heavy atom. The number of hydrogen-bond donors (Lipinski definition) is 0. The Morgan fingerprint density at radius 1 is 1.05 bits per heavy atom. The van der Waals surface area contributed by atoms with Crippen LogP contribution in [0.4, 0.5) is 0 Å². The van der Waals surface area contributed by atoms with Gasteiger partial charge >= 0.3 is 0 Å². The molecule has 106 valence electrons. The fourth-order valence-corrected chi connectivity index (χ4v) is 1.70. The number of carbonyl (C=O) groups is 1. The van der Waals surface area contributed by atoms with Crippen molar-refractivity contribution in [2.45, 2.75) is 46.5 Å². The van der Waals surface area contributed by atoms with Gasteiger partial charge in [0.05, 0.1) is 0 Å². The number of aryl methyl sites for hydroxylation is 1. The van der Waals surface area contributed by atoms with Gasteiger partial charge in [0.25, 0.3) is 0 Å². The highest BCUT2D eigenvalue weighted by Gasteiger charge is 1.98. The Hall–Kier alpha value is -1.08. The summed E-state index contributed by atoms with van der Waals surface area (Å²) in [5, 5.41) is 0. The Morgan fingerprint density at radius 3 is 2.05 bits per heavy atom. The minimum Gasteiger partial charge on any atom is -0.295 e. The summed E-state index contributed by atoms with van der Waals surface area (Å²) in [6.45, 7) is 5.59. The van der Waals surface area contributed by atoms with Crippen LogP contribution in [-0.2, 0) is 6.42 Å². The fraction of sp³-hybridized carbons (Fsp3) is 0.471. The Balaban J connectivity index is 0.000000711. The van der Waals surface area contributed by atoms with Gasteiger partial charge in [-0.05, 0) is 45.6 Å². The van der Waals surface area contributed by atoms with Gasteiger partial charge in [-0.15, -0.1) is 11.6 Å². The van der Waals surface area contributed by atoms with Crippen LogP contribution in [0.3, 0.4) is 0 Å². The molecule has 1 aromatic carbocycles. The third-order valence-corrected chi connectivity index (χ3v) is 3.06. The molecule has 0 saturated carbocycles. The minimum absolute atomic E-state index is 0.128. The number of alkyl halides is 1. The van der Waals surface area contributed by atoms with Gasteiger partial charge in [-0.25, -0.2) is 0 Å². The third kappa shape index (κ3) is 9.49. The number of allylic oxidation sites excluding steroid dienone is 2. The molecule has 0 heterocycles. The number of unbranched alkanes of at least 4 members (excludes halogenated alkanes) is 2. The van der Waals surface area contributed by atoms with Crippen LogP contribution >= 0.6 is 11.6 Å². The first-order chi connectivity index (χ1) is 9.15. The van der Waals surface area contributed by atoms with Crippen molar-refractivity contribution < 1.29 is 4.79 Å². The fourth-order valence-electron chi connectivity index (χ4n) is 1.51. The molecular formula is C17H25ClO. The summed E-state index contributed by atoms with van der Waals surface area (Å²) in [5.74, 6) is 0.882. The first-order valence-corrected chi connectivity index (χ1v) is 7.42. The lowest BCUT2D eigenvalue weighted by Crippen LogP contribution is -1.92. The van der Waals surface area contributed by atoms with Crippen molar-refractivity contribution >= 4 is 17.4 Å². The van der Waals surface area contributed by atoms with E-state index >= 15 is 0 Å². The van der Waals surface area contributed by atoms with Crippen molar-refractivity contribution in [3.63, 3.8) is 0 Å². The van der Waals surface area contributed by atoms with E-state index in [0.717, 1.165) is 24.3 Å². The largest absolute Gasteiger partial charge is 0.295 e. The quantitative estimate of drug-likeness (QED) is 0.294. The van der Waals surface area contributed by atoms with Crippen molar-refractivity contribution in [3.8, 4) is 0 Å². The number of Topliss-reactive ketones (excluding diaryl/α,β-unsaturated/α-hetero) is 1. The lowest BCUT2D eigenvalue weighted by atomic mass is 10.0. The minimum atomic E-state index is 0.128. The van der Waals surface area contributed by atoms with E-state index < -0.39 is 0 Å². The monoisotopic (exact) mass is 280 g/mol. The number of ketones is 1. The second kappa shape index (κ2) is 12.0. The third-order valence-electron chi connectivity index (χ3n) is 2.79. The molecular weight excluding hydrogens is 256 g/mol. The van der Waals surface area contributed by atoms with E-state index in [1.165, 1.54) is 18.4 Å². The van der Waals surface area contributed by atoms with Gasteiger partial charge in [0.15, 0.2) is 5.78 Å². The maximum Gasteiger partial charge on any atom is 0.159 e. The molecule has 0 unspecified atom stereocenters. The molecule has 0 radical (unpaired) electrons. The first-order valence-electron chi connectivity index (χ1n) is 6.88. The van der Waals surface area contributed by atoms with Crippen molar-refractivity contribution in [3.05, 3.63) is 47.5 Å². The maximum atomic E-state index is 11.0. The number of halogens is 1. The van der Waals surface area contributed by atoms with Crippen molar-refractivity contribution in [2.24, 2.45) is 0 Å². The average molecular weight is 281 g/mol. The molecule has 0 N–H and O–H groups in total. The van der Waals surface area contributed by atoms with Crippen LogP contribution in [0.25, 0.3) is 0 Å². The number of rotatable bonds is 6. The summed E-state index contributed by atoms with van der Waals surface area (Å²) in [7, 11) is 0. The molecule has 0 amide bonds. The summed E-state index contributed by atoms with van der Waals surface area (Å²) < 4.78 is 0. The molecule has 0 saturated heterocycles. The number of benzene rings is 1. The predicted octanol–water partition coefficient (Wildman–Crippen LogP) is 5.42. The normalized spacial score (nSPS) is 10.1. The summed E-state index contributed by atoms with van der Waals surface area (Å²) >= 11 is 5.60. The lowest BCUT2D eigenvalue weighted by molar-refractivity contribution is 0.101. The topological polar surface area (TPSA) is 17.1 Å². The van der Waals surface area contributed by atoms with Gasteiger partial charge < -0.3 is 0 Å². The van der Waals surface area contributed by atoms with Crippen LogP contribution < -0.4 is 0 Å². The molecule has 1 rings (SSSR count). The molecule has 0 aliphatic carbocycles. The average Bonchev–Trinajstić information content (AvgIpc) is 2.44. The maximum absolute atomic E-state index is 11.0. The van der Waals surface area contributed by atoms with Crippen molar-refractivity contribution in [1.82, 2.24) is 0 Å². The molecule has 1 nitrogen and oxygen atoms in total. The highest BCUT2D eigenvalue weighted by Crippen LogP contribution is 2.09. The summed E-state index contributed by atoms with van der Waals surface area (Å²) in [5.41, 5.74) is 2.09. The predicted molar refractivity (Wildman–Crippen MR) is 85.2 cm³/mol. The van der Waals surface area contributed by atoms with Crippen LogP contribution in [0.2, 0.25) is 0 Å². The van der Waals surface area contributed by atoms with Gasteiger partial charge in [-0.1, -0.05) is 42.8 Å². The molecule has 2 heteroatoms. The highest BCUT2D eigenvalue weighted by molar-refractivity contribution is 6.17. The van der Waals surface area contributed by atoms with Crippen LogP contribution in [0.15, 0.2) is 36.4 Å². The van der Waals surface area contributed by atoms with Gasteiger partial charge in [0.2, 0.25) is 0 Å². The van der Waals surface area contributed by atoms with Crippen LogP contribution in [0.1, 0.15) is 56.0 Å². The van der Waals surface area contributed by atoms with E-state index in [9.17, 15) is 4.79 Å². The molecule has 0 aromatic heterocycles. The molecule has 19 heavy (non-hydrogen) atoms. The van der Waals surface area contributed by atoms with Crippen LogP contribution in [-0.4, -0.2) is 11.7 Å². The zero-order valence-corrected chi connectivity index (χ0v) is 13.0. The number of hydrogen-bond acceptors (Lipinski definition) is 1. The van der Waals surface area contributed by atoms with Crippen LogP contribution in [0, 0.1) is 0 Å². The van der Waals surface area contributed by atoms with E-state index in [1.54, 1.807) is 6.92 Å². The highest BCUT2D eigenvalue weighted by atomic mass is 35.5. The van der Waals surface area contributed by atoms with E-state index in [-0.39, 0.29) is 5.78 Å². The van der Waals surface area contributed by atoms with Crippen molar-refractivity contribution in [1.29, 1.82) is 0 Å². The Bertz CT molecular complexity index is 361. The van der Waals surface area contributed by atoms with Gasteiger partial charge in [-0.3, -0.25) is 4.79 Å². The van der Waals surface area contributed by atoms with Gasteiger partial charge in [0.1, 0.15) is 0 Å². The summed E-state index contributed by atoms with van der Waals surface area (Å²) in [6.07, 6.45) is 8.52. The van der Waals surface area contributed by atoms with E-state index in [0.29, 0.717) is 0 Å². The zero-order valence-electron chi connectivity index (χ0n) is 12.3. The Kier molecular flexibility index (Phi) is 11.3. The SMILES string of the molecule is C/C=C\C.CC(=O)c1ccc(CCCCCCl)cc1. The second-order valence-corrected chi connectivity index (χ2v) is 4.80. The first kappa shape index (κ1) is 17.9. The van der Waals surface area contributed by atoms with Crippen LogP contribution in [0.5, 0.6) is 0 Å². The molecule has 1 aromatic rings. The molecule has 0 aliphatic rings. The standard InChI is InChI=1S/C13H17ClO.C4H8/c1-11(15)13-8-6-12(7-9-13)5-3-2-4-10-14;1-3-4-2/h6-9H,2-5,10H2,1H3;3-4H,1-2H3/b;4-3-. The van der Waals surface area contributed by atoms with Crippen molar-refractivity contribution in [2.75, 3.05) is 5.88 Å².